The lowest BCUT2D eigenvalue weighted by Gasteiger charge is -2.29. The Hall–Kier alpha value is -0.650. The molecule has 0 aromatic carbocycles. The highest BCUT2D eigenvalue weighted by Gasteiger charge is 2.25. The van der Waals surface area contributed by atoms with Gasteiger partial charge in [0.15, 0.2) is 6.29 Å². The molecule has 130 valence electrons. The molecule has 5 heteroatoms. The molecule has 0 N–H and O–H groups in total. The monoisotopic (exact) mass is 316 g/mol. The molecule has 0 amide bonds. The van der Waals surface area contributed by atoms with Crippen LogP contribution in [0.4, 0.5) is 0 Å². The lowest BCUT2D eigenvalue weighted by Crippen LogP contribution is -2.28. The number of carbonyl (C=O) groups excluding carboxylic acids is 1. The Labute approximate surface area is 134 Å². The van der Waals surface area contributed by atoms with Crippen molar-refractivity contribution in [1.29, 1.82) is 0 Å². The zero-order valence-electron chi connectivity index (χ0n) is 14.7. The van der Waals surface area contributed by atoms with Gasteiger partial charge < -0.3 is 18.9 Å². The number of hydrogen-bond donors (Lipinski definition) is 0. The summed E-state index contributed by atoms with van der Waals surface area (Å²) in [4.78, 5) is 11.8. The third-order valence-corrected chi connectivity index (χ3v) is 3.79. The number of carbonyl (C=O) groups is 1. The minimum atomic E-state index is -0.392. The second-order valence-electron chi connectivity index (χ2n) is 6.98. The van der Waals surface area contributed by atoms with E-state index in [1.54, 1.807) is 7.11 Å². The molecule has 1 atom stereocenters. The van der Waals surface area contributed by atoms with Gasteiger partial charge in [0.05, 0.1) is 19.3 Å². The van der Waals surface area contributed by atoms with Crippen molar-refractivity contribution in [3.05, 3.63) is 0 Å². The summed E-state index contributed by atoms with van der Waals surface area (Å²) in [6, 6.07) is 0. The standard InChI is InChI=1S/C17H32O5/c1-13(19-5)20-10-11-21-15-8-6-14(7-9-15)12-16(18)22-17(2,3)4/h13-15H,6-12H2,1-5H3. The van der Waals surface area contributed by atoms with Gasteiger partial charge in [0.1, 0.15) is 5.60 Å². The maximum atomic E-state index is 11.8. The summed E-state index contributed by atoms with van der Waals surface area (Å²) >= 11 is 0. The van der Waals surface area contributed by atoms with Crippen molar-refractivity contribution in [2.45, 2.75) is 77.8 Å². The van der Waals surface area contributed by atoms with Crippen LogP contribution in [0.15, 0.2) is 0 Å². The van der Waals surface area contributed by atoms with E-state index in [1.165, 1.54) is 0 Å². The van der Waals surface area contributed by atoms with Crippen LogP contribution in [-0.2, 0) is 23.7 Å². The van der Waals surface area contributed by atoms with E-state index < -0.39 is 5.60 Å². The summed E-state index contributed by atoms with van der Waals surface area (Å²) in [6.07, 6.45) is 4.70. The molecule has 0 saturated heterocycles. The Morgan fingerprint density at radius 2 is 1.77 bits per heavy atom. The number of rotatable bonds is 8. The molecule has 0 aromatic heterocycles. The van der Waals surface area contributed by atoms with Gasteiger partial charge in [-0.15, -0.1) is 0 Å². The van der Waals surface area contributed by atoms with E-state index >= 15 is 0 Å². The number of hydrogen-bond acceptors (Lipinski definition) is 5. The minimum absolute atomic E-state index is 0.0844. The topological polar surface area (TPSA) is 54.0 Å². The maximum absolute atomic E-state index is 11.8. The smallest absolute Gasteiger partial charge is 0.306 e. The highest BCUT2D eigenvalue weighted by Crippen LogP contribution is 2.29. The van der Waals surface area contributed by atoms with Gasteiger partial charge >= 0.3 is 5.97 Å². The predicted molar refractivity (Wildman–Crippen MR) is 84.6 cm³/mol. The lowest BCUT2D eigenvalue weighted by molar-refractivity contribution is -0.156. The summed E-state index contributed by atoms with van der Waals surface area (Å²) in [6.45, 7) is 8.72. The molecule has 0 radical (unpaired) electrons. The molecule has 0 spiro atoms. The molecule has 5 nitrogen and oxygen atoms in total. The second-order valence-corrected chi connectivity index (χ2v) is 6.98. The van der Waals surface area contributed by atoms with Crippen LogP contribution >= 0.6 is 0 Å². The lowest BCUT2D eigenvalue weighted by atomic mass is 9.85. The van der Waals surface area contributed by atoms with Crippen LogP contribution in [0.3, 0.4) is 0 Å². The molecule has 1 rings (SSSR count). The van der Waals surface area contributed by atoms with Gasteiger partial charge in [0.25, 0.3) is 0 Å². The van der Waals surface area contributed by atoms with Gasteiger partial charge in [-0.05, 0) is 59.3 Å². The van der Waals surface area contributed by atoms with Crippen LogP contribution in [0.1, 0.15) is 59.8 Å². The normalized spacial score (nSPS) is 24.0. The van der Waals surface area contributed by atoms with Crippen molar-refractivity contribution in [1.82, 2.24) is 0 Å². The quantitative estimate of drug-likeness (QED) is 0.391. The van der Waals surface area contributed by atoms with E-state index in [-0.39, 0.29) is 18.4 Å². The summed E-state index contributed by atoms with van der Waals surface area (Å²) in [5.74, 6) is 0.346. The molecule has 1 fully saturated rings. The largest absolute Gasteiger partial charge is 0.460 e. The first-order chi connectivity index (χ1) is 10.3. The first-order valence-corrected chi connectivity index (χ1v) is 8.28. The molecule has 1 aliphatic rings. The third kappa shape index (κ3) is 8.71. The van der Waals surface area contributed by atoms with E-state index in [1.807, 2.05) is 27.7 Å². The van der Waals surface area contributed by atoms with Crippen molar-refractivity contribution < 1.29 is 23.7 Å². The van der Waals surface area contributed by atoms with E-state index in [4.69, 9.17) is 18.9 Å². The Morgan fingerprint density at radius 1 is 1.14 bits per heavy atom. The van der Waals surface area contributed by atoms with Gasteiger partial charge in [0, 0.05) is 13.5 Å². The molecular weight excluding hydrogens is 284 g/mol. The molecule has 1 saturated carbocycles. The fourth-order valence-electron chi connectivity index (χ4n) is 2.62. The molecule has 0 heterocycles. The van der Waals surface area contributed by atoms with Gasteiger partial charge in [-0.1, -0.05) is 0 Å². The van der Waals surface area contributed by atoms with Crippen LogP contribution in [-0.4, -0.2) is 44.3 Å². The predicted octanol–water partition coefficient (Wildman–Crippen LogP) is 3.30. The van der Waals surface area contributed by atoms with Crippen LogP contribution in [0, 0.1) is 5.92 Å². The van der Waals surface area contributed by atoms with Crippen molar-refractivity contribution in [3.63, 3.8) is 0 Å². The van der Waals surface area contributed by atoms with Gasteiger partial charge in [-0.2, -0.15) is 0 Å². The second kappa shape index (κ2) is 9.48. The van der Waals surface area contributed by atoms with Gasteiger partial charge in [-0.3, -0.25) is 4.79 Å². The van der Waals surface area contributed by atoms with Crippen molar-refractivity contribution in [2.24, 2.45) is 5.92 Å². The van der Waals surface area contributed by atoms with Gasteiger partial charge in [-0.25, -0.2) is 0 Å². The molecule has 22 heavy (non-hydrogen) atoms. The Bertz CT molecular complexity index is 316. The minimum Gasteiger partial charge on any atom is -0.460 e. The highest BCUT2D eigenvalue weighted by atomic mass is 16.7. The Kier molecular flexibility index (Phi) is 8.36. The van der Waals surface area contributed by atoms with E-state index in [9.17, 15) is 4.79 Å². The van der Waals surface area contributed by atoms with E-state index in [0.717, 1.165) is 25.7 Å². The Balaban J connectivity index is 2.12. The zero-order chi connectivity index (χ0) is 16.6. The number of esters is 1. The summed E-state index contributed by atoms with van der Waals surface area (Å²) in [5, 5.41) is 0. The summed E-state index contributed by atoms with van der Waals surface area (Å²) in [7, 11) is 1.62. The third-order valence-electron chi connectivity index (χ3n) is 3.79. The SMILES string of the molecule is COC(C)OCCOC1CCC(CC(=O)OC(C)(C)C)CC1. The van der Waals surface area contributed by atoms with E-state index in [0.29, 0.717) is 25.6 Å². The average Bonchev–Trinajstić information content (AvgIpc) is 2.43. The molecule has 0 aromatic rings. The fourth-order valence-corrected chi connectivity index (χ4v) is 2.62. The first kappa shape index (κ1) is 19.4. The molecular formula is C17H32O5. The van der Waals surface area contributed by atoms with Crippen molar-refractivity contribution >= 4 is 5.97 Å². The van der Waals surface area contributed by atoms with Crippen LogP contribution in [0.2, 0.25) is 0 Å². The van der Waals surface area contributed by atoms with Crippen molar-refractivity contribution in [2.75, 3.05) is 20.3 Å². The highest BCUT2D eigenvalue weighted by molar-refractivity contribution is 5.70. The summed E-state index contributed by atoms with van der Waals surface area (Å²) in [5.41, 5.74) is -0.392. The molecule has 1 aliphatic carbocycles. The van der Waals surface area contributed by atoms with Crippen LogP contribution in [0.25, 0.3) is 0 Å². The number of ether oxygens (including phenoxy) is 4. The van der Waals surface area contributed by atoms with Crippen LogP contribution in [0.5, 0.6) is 0 Å². The van der Waals surface area contributed by atoms with Crippen LogP contribution < -0.4 is 0 Å². The zero-order valence-corrected chi connectivity index (χ0v) is 14.7. The van der Waals surface area contributed by atoms with Gasteiger partial charge in [0.2, 0.25) is 0 Å². The van der Waals surface area contributed by atoms with Crippen molar-refractivity contribution in [3.8, 4) is 0 Å². The average molecular weight is 316 g/mol. The molecule has 0 bridgehead atoms. The Morgan fingerprint density at radius 3 is 2.32 bits per heavy atom. The number of methoxy groups -OCH3 is 1. The summed E-state index contributed by atoms with van der Waals surface area (Å²) < 4.78 is 21.6. The molecule has 0 aliphatic heterocycles. The first-order valence-electron chi connectivity index (χ1n) is 8.28. The molecule has 1 unspecified atom stereocenters. The maximum Gasteiger partial charge on any atom is 0.306 e. The van der Waals surface area contributed by atoms with E-state index in [2.05, 4.69) is 0 Å². The fraction of sp³-hybridized carbons (Fsp3) is 0.941.